The molecule has 1 aromatic carbocycles. The van der Waals surface area contributed by atoms with Gasteiger partial charge in [-0.1, -0.05) is 35.0 Å². The number of rotatable bonds is 6. The molecule has 2 aromatic rings. The molecule has 0 fully saturated rings. The minimum atomic E-state index is 0.501. The van der Waals surface area contributed by atoms with E-state index in [9.17, 15) is 0 Å². The van der Waals surface area contributed by atoms with Crippen LogP contribution < -0.4 is 0 Å². The number of aromatic amines is 1. The summed E-state index contributed by atoms with van der Waals surface area (Å²) in [6.07, 6.45) is 0. The molecular weight excluding hydrogens is 305 g/mol. The highest BCUT2D eigenvalue weighted by Crippen LogP contribution is 2.27. The molecule has 1 heterocycles. The van der Waals surface area contributed by atoms with Gasteiger partial charge in [0.25, 0.3) is 0 Å². The summed E-state index contributed by atoms with van der Waals surface area (Å²) in [5.74, 6) is 1.52. The summed E-state index contributed by atoms with van der Waals surface area (Å²) >= 11 is 13.4. The lowest BCUT2D eigenvalue weighted by Gasteiger charge is -1.99. The zero-order valence-corrected chi connectivity index (χ0v) is 12.6. The Balaban J connectivity index is 2.01. The van der Waals surface area contributed by atoms with Crippen molar-refractivity contribution in [3.8, 4) is 11.4 Å². The Labute approximate surface area is 125 Å². The Bertz CT molecular complexity index is 548. The van der Waals surface area contributed by atoms with E-state index in [0.29, 0.717) is 22.5 Å². The van der Waals surface area contributed by atoms with Gasteiger partial charge in [0.05, 0.1) is 16.7 Å². The van der Waals surface area contributed by atoms with Gasteiger partial charge in [0, 0.05) is 17.9 Å². The zero-order chi connectivity index (χ0) is 13.7. The summed E-state index contributed by atoms with van der Waals surface area (Å²) in [6.45, 7) is 3.40. The first kappa shape index (κ1) is 14.7. The molecule has 0 unspecified atom stereocenters. The third-order valence-electron chi connectivity index (χ3n) is 2.33. The highest BCUT2D eigenvalue weighted by atomic mass is 35.5. The molecule has 1 N–H and O–H groups in total. The summed E-state index contributed by atoms with van der Waals surface area (Å²) in [7, 11) is 0. The van der Waals surface area contributed by atoms with Gasteiger partial charge in [0.15, 0.2) is 11.0 Å². The van der Waals surface area contributed by atoms with E-state index in [4.69, 9.17) is 27.9 Å². The van der Waals surface area contributed by atoms with Crippen molar-refractivity contribution in [2.24, 2.45) is 0 Å². The number of H-pyrrole nitrogens is 1. The first-order valence-electron chi connectivity index (χ1n) is 5.79. The average Bonchev–Trinajstić information content (AvgIpc) is 2.87. The van der Waals surface area contributed by atoms with E-state index in [1.165, 1.54) is 0 Å². The highest BCUT2D eigenvalue weighted by Gasteiger charge is 2.07. The molecule has 4 nitrogen and oxygen atoms in total. The first-order valence-corrected chi connectivity index (χ1v) is 7.53. The van der Waals surface area contributed by atoms with E-state index < -0.39 is 0 Å². The Morgan fingerprint density at radius 1 is 1.26 bits per heavy atom. The standard InChI is InChI=1S/C12H13Cl2N3OS/c1-2-18-5-6-19-12-15-11(16-17-12)8-3-4-9(13)10(14)7-8/h3-4,7H,2,5-6H2,1H3,(H,15,16,17). The van der Waals surface area contributed by atoms with E-state index in [-0.39, 0.29) is 0 Å². The number of benzene rings is 1. The molecule has 0 saturated heterocycles. The molecule has 1 aromatic heterocycles. The predicted molar refractivity (Wildman–Crippen MR) is 79.1 cm³/mol. The average molecular weight is 318 g/mol. The number of ether oxygens (including phenoxy) is 1. The lowest BCUT2D eigenvalue weighted by atomic mass is 10.2. The molecule has 0 amide bonds. The van der Waals surface area contributed by atoms with Crippen molar-refractivity contribution >= 4 is 35.0 Å². The molecule has 102 valence electrons. The van der Waals surface area contributed by atoms with Gasteiger partial charge in [-0.25, -0.2) is 0 Å². The van der Waals surface area contributed by atoms with Crippen LogP contribution in [0.4, 0.5) is 0 Å². The topological polar surface area (TPSA) is 50.8 Å². The Morgan fingerprint density at radius 2 is 2.11 bits per heavy atom. The van der Waals surface area contributed by atoms with Crippen molar-refractivity contribution in [2.45, 2.75) is 12.1 Å². The van der Waals surface area contributed by atoms with Crippen molar-refractivity contribution < 1.29 is 4.74 Å². The molecular formula is C12H13Cl2N3OS. The summed E-state index contributed by atoms with van der Waals surface area (Å²) in [5, 5.41) is 9.95. The number of halogens is 2. The zero-order valence-electron chi connectivity index (χ0n) is 10.3. The fraction of sp³-hybridized carbons (Fsp3) is 0.333. The van der Waals surface area contributed by atoms with Gasteiger partial charge in [-0.2, -0.15) is 0 Å². The molecule has 0 aliphatic carbocycles. The Morgan fingerprint density at radius 3 is 2.84 bits per heavy atom. The quantitative estimate of drug-likeness (QED) is 0.648. The number of nitrogens with zero attached hydrogens (tertiary/aromatic N) is 2. The number of nitrogens with one attached hydrogen (secondary N) is 1. The molecule has 0 bridgehead atoms. The molecule has 2 rings (SSSR count). The minimum absolute atomic E-state index is 0.501. The van der Waals surface area contributed by atoms with Crippen molar-refractivity contribution in [2.75, 3.05) is 19.0 Å². The molecule has 7 heteroatoms. The smallest absolute Gasteiger partial charge is 0.188 e. The van der Waals surface area contributed by atoms with Gasteiger partial charge in [-0.15, -0.1) is 10.2 Å². The molecule has 19 heavy (non-hydrogen) atoms. The van der Waals surface area contributed by atoms with Crippen LogP contribution in [0.2, 0.25) is 10.0 Å². The summed E-state index contributed by atoms with van der Waals surface area (Å²) < 4.78 is 5.26. The van der Waals surface area contributed by atoms with Gasteiger partial charge in [-0.05, 0) is 25.1 Å². The summed E-state index contributed by atoms with van der Waals surface area (Å²) in [4.78, 5) is 3.14. The van der Waals surface area contributed by atoms with Crippen LogP contribution in [0.15, 0.2) is 23.4 Å². The number of aromatic nitrogens is 3. The molecule has 0 saturated carbocycles. The maximum Gasteiger partial charge on any atom is 0.188 e. The minimum Gasteiger partial charge on any atom is -0.381 e. The largest absolute Gasteiger partial charge is 0.381 e. The van der Waals surface area contributed by atoms with E-state index in [1.807, 2.05) is 13.0 Å². The van der Waals surface area contributed by atoms with Gasteiger partial charge in [0.1, 0.15) is 0 Å². The van der Waals surface area contributed by atoms with Crippen molar-refractivity contribution in [1.82, 2.24) is 15.2 Å². The summed E-state index contributed by atoms with van der Waals surface area (Å²) in [5.41, 5.74) is 0.860. The lowest BCUT2D eigenvalue weighted by molar-refractivity contribution is 0.164. The van der Waals surface area contributed by atoms with E-state index in [0.717, 1.165) is 23.1 Å². The van der Waals surface area contributed by atoms with Crippen LogP contribution in [0.1, 0.15) is 6.92 Å². The summed E-state index contributed by atoms with van der Waals surface area (Å²) in [6, 6.07) is 5.35. The Kier molecular flexibility index (Phi) is 5.51. The van der Waals surface area contributed by atoms with Crippen molar-refractivity contribution in [1.29, 1.82) is 0 Å². The van der Waals surface area contributed by atoms with Crippen molar-refractivity contribution in [3.63, 3.8) is 0 Å². The third kappa shape index (κ3) is 4.11. The molecule has 0 aliphatic heterocycles. The van der Waals surface area contributed by atoms with Gasteiger partial charge in [0.2, 0.25) is 0 Å². The maximum atomic E-state index is 5.97. The van der Waals surface area contributed by atoms with Crippen LogP contribution in [0.3, 0.4) is 0 Å². The Hall–Kier alpha value is -0.750. The van der Waals surface area contributed by atoms with Crippen LogP contribution in [-0.4, -0.2) is 34.1 Å². The molecule has 0 atom stereocenters. The fourth-order valence-corrected chi connectivity index (χ4v) is 2.39. The monoisotopic (exact) mass is 317 g/mol. The molecule has 0 aliphatic rings. The second kappa shape index (κ2) is 7.14. The van der Waals surface area contributed by atoms with E-state index in [2.05, 4.69) is 15.2 Å². The fourth-order valence-electron chi connectivity index (χ4n) is 1.43. The predicted octanol–water partition coefficient (Wildman–Crippen LogP) is 3.91. The number of thioether (sulfide) groups is 1. The van der Waals surface area contributed by atoms with Gasteiger partial charge >= 0.3 is 0 Å². The highest BCUT2D eigenvalue weighted by molar-refractivity contribution is 7.99. The third-order valence-corrected chi connectivity index (χ3v) is 3.90. The van der Waals surface area contributed by atoms with Crippen LogP contribution in [0.25, 0.3) is 11.4 Å². The van der Waals surface area contributed by atoms with Crippen LogP contribution in [0.5, 0.6) is 0 Å². The van der Waals surface area contributed by atoms with E-state index in [1.54, 1.807) is 23.9 Å². The maximum absolute atomic E-state index is 5.97. The number of hydrogen-bond donors (Lipinski definition) is 1. The second-order valence-corrected chi connectivity index (χ2v) is 5.55. The normalized spacial score (nSPS) is 10.9. The van der Waals surface area contributed by atoms with Crippen LogP contribution in [-0.2, 0) is 4.74 Å². The van der Waals surface area contributed by atoms with Crippen LogP contribution >= 0.6 is 35.0 Å². The number of hydrogen-bond acceptors (Lipinski definition) is 4. The lowest BCUT2D eigenvalue weighted by Crippen LogP contribution is -1.96. The second-order valence-electron chi connectivity index (χ2n) is 3.65. The first-order chi connectivity index (χ1) is 9.20. The SMILES string of the molecule is CCOCCSc1nnc(-c2ccc(Cl)c(Cl)c2)[nH]1. The van der Waals surface area contributed by atoms with E-state index >= 15 is 0 Å². The molecule has 0 spiro atoms. The van der Waals surface area contributed by atoms with Crippen LogP contribution in [0, 0.1) is 0 Å². The van der Waals surface area contributed by atoms with Crippen molar-refractivity contribution in [3.05, 3.63) is 28.2 Å². The molecule has 0 radical (unpaired) electrons. The van der Waals surface area contributed by atoms with Gasteiger partial charge < -0.3 is 9.72 Å². The van der Waals surface area contributed by atoms with Gasteiger partial charge in [-0.3, -0.25) is 0 Å².